The number of aromatic nitrogens is 2. The predicted octanol–water partition coefficient (Wildman–Crippen LogP) is 11.6. The Kier molecular flexibility index (Phi) is 16.3. The van der Waals surface area contributed by atoms with Crippen LogP contribution in [0.25, 0.3) is 21.5 Å². The molecule has 2 aromatic carbocycles. The maximum absolute atomic E-state index is 12.4. The number of allylic oxidation sites excluding steroid dienone is 2. The molecule has 7 heteroatoms. The molecule has 0 saturated carbocycles. The summed E-state index contributed by atoms with van der Waals surface area (Å²) in [6, 6.07) is 11.7. The summed E-state index contributed by atoms with van der Waals surface area (Å²) in [5.74, 6) is 0.0915. The van der Waals surface area contributed by atoms with Crippen LogP contribution in [-0.4, -0.2) is 15.9 Å². The molecule has 0 fully saturated rings. The van der Waals surface area contributed by atoms with Gasteiger partial charge in [-0.25, -0.2) is 0 Å². The molecular formula is C36H46Br2N4O. The van der Waals surface area contributed by atoms with Crippen molar-refractivity contribution in [1.82, 2.24) is 9.97 Å². The summed E-state index contributed by atoms with van der Waals surface area (Å²) in [7, 11) is 0. The summed E-state index contributed by atoms with van der Waals surface area (Å²) < 4.78 is 1.85. The van der Waals surface area contributed by atoms with Crippen LogP contribution < -0.4 is 11.1 Å². The van der Waals surface area contributed by atoms with Gasteiger partial charge >= 0.3 is 0 Å². The molecule has 4 aromatic rings. The van der Waals surface area contributed by atoms with Gasteiger partial charge in [-0.1, -0.05) is 94.7 Å². The third-order valence-corrected chi connectivity index (χ3v) is 8.65. The molecule has 0 aliphatic carbocycles. The first-order valence-corrected chi connectivity index (χ1v) is 17.3. The van der Waals surface area contributed by atoms with E-state index in [2.05, 4.69) is 66.2 Å². The molecule has 0 aliphatic heterocycles. The van der Waals surface area contributed by atoms with E-state index in [1.807, 2.05) is 42.6 Å². The van der Waals surface area contributed by atoms with E-state index in [0.29, 0.717) is 6.42 Å². The van der Waals surface area contributed by atoms with Crippen LogP contribution in [0.3, 0.4) is 0 Å². The van der Waals surface area contributed by atoms with Gasteiger partial charge in [0.25, 0.3) is 0 Å². The van der Waals surface area contributed by atoms with Gasteiger partial charge in [-0.3, -0.25) is 14.8 Å². The Morgan fingerprint density at radius 1 is 0.721 bits per heavy atom. The van der Waals surface area contributed by atoms with E-state index in [1.54, 1.807) is 18.6 Å². The van der Waals surface area contributed by atoms with Crippen LogP contribution in [0.15, 0.2) is 82.3 Å². The molecule has 2 aromatic heterocycles. The number of carbonyl (C=O) groups excluding carboxylic acids is 1. The number of rotatable bonds is 16. The van der Waals surface area contributed by atoms with Crippen molar-refractivity contribution in [2.45, 2.75) is 96.8 Å². The zero-order chi connectivity index (χ0) is 30.7. The molecule has 0 radical (unpaired) electrons. The van der Waals surface area contributed by atoms with Crippen LogP contribution in [0, 0.1) is 0 Å². The third-order valence-electron chi connectivity index (χ3n) is 7.45. The van der Waals surface area contributed by atoms with E-state index in [0.717, 1.165) is 54.7 Å². The Hall–Kier alpha value is -2.77. The SMILES string of the molecule is CCCCCCCC/C=C\CCCCCCCC(=O)Nc1cccc2cncc(Br)c12.Nc1cccc2cncc(Br)c12. The normalized spacial score (nSPS) is 11.1. The van der Waals surface area contributed by atoms with Crippen molar-refractivity contribution in [3.8, 4) is 0 Å². The fraction of sp³-hybridized carbons (Fsp3) is 0.417. The van der Waals surface area contributed by atoms with Crippen molar-refractivity contribution in [2.75, 3.05) is 11.1 Å². The maximum atomic E-state index is 12.4. The molecule has 3 N–H and O–H groups in total. The topological polar surface area (TPSA) is 80.9 Å². The lowest BCUT2D eigenvalue weighted by atomic mass is 10.1. The number of nitrogen functional groups attached to an aromatic ring is 1. The largest absolute Gasteiger partial charge is 0.398 e. The molecule has 230 valence electrons. The second-order valence-electron chi connectivity index (χ2n) is 11.0. The molecule has 43 heavy (non-hydrogen) atoms. The second-order valence-corrected chi connectivity index (χ2v) is 12.7. The Labute approximate surface area is 274 Å². The first kappa shape index (κ1) is 34.7. The van der Waals surface area contributed by atoms with E-state index in [9.17, 15) is 4.79 Å². The van der Waals surface area contributed by atoms with Gasteiger partial charge in [0.1, 0.15) is 0 Å². The number of carbonyl (C=O) groups is 1. The van der Waals surface area contributed by atoms with Gasteiger partial charge in [0.2, 0.25) is 5.91 Å². The number of nitrogens with zero attached hydrogens (tertiary/aromatic N) is 2. The first-order valence-electron chi connectivity index (χ1n) is 15.8. The van der Waals surface area contributed by atoms with Gasteiger partial charge in [-0.2, -0.15) is 0 Å². The number of unbranched alkanes of at least 4 members (excludes halogenated alkanes) is 11. The monoisotopic (exact) mass is 708 g/mol. The standard InChI is InChI=1S/C27H39BrN2O.C9H7BrN2/c1-2-3-4-5-6-7-8-9-10-11-12-13-14-15-16-20-26(31)30-25-19-17-18-23-21-29-22-24(28)27(23)25;10-7-5-12-4-6-2-1-3-8(11)9(6)7/h9-10,17-19,21-22H,2-8,11-16,20H2,1H3,(H,30,31);1-5H,11H2/b10-9-;. The second kappa shape index (κ2) is 20.2. The highest BCUT2D eigenvalue weighted by Gasteiger charge is 2.08. The van der Waals surface area contributed by atoms with E-state index in [-0.39, 0.29) is 5.91 Å². The fourth-order valence-corrected chi connectivity index (χ4v) is 6.22. The highest BCUT2D eigenvalue weighted by Crippen LogP contribution is 2.30. The number of halogens is 2. The van der Waals surface area contributed by atoms with Gasteiger partial charge in [0.15, 0.2) is 0 Å². The van der Waals surface area contributed by atoms with Gasteiger partial charge in [0.05, 0.1) is 0 Å². The van der Waals surface area contributed by atoms with E-state index >= 15 is 0 Å². The van der Waals surface area contributed by atoms with Gasteiger partial charge < -0.3 is 11.1 Å². The minimum atomic E-state index is 0.0915. The number of anilines is 2. The molecule has 1 amide bonds. The van der Waals surface area contributed by atoms with Crippen molar-refractivity contribution in [3.63, 3.8) is 0 Å². The number of nitrogens with one attached hydrogen (secondary N) is 1. The lowest BCUT2D eigenvalue weighted by Crippen LogP contribution is -2.11. The minimum absolute atomic E-state index is 0.0915. The van der Waals surface area contributed by atoms with E-state index < -0.39 is 0 Å². The van der Waals surface area contributed by atoms with E-state index in [1.165, 1.54) is 70.6 Å². The number of pyridine rings is 2. The van der Waals surface area contributed by atoms with Crippen molar-refractivity contribution in [2.24, 2.45) is 0 Å². The molecule has 2 heterocycles. The van der Waals surface area contributed by atoms with Crippen molar-refractivity contribution >= 4 is 70.7 Å². The molecule has 0 saturated heterocycles. The highest BCUT2D eigenvalue weighted by molar-refractivity contribution is 9.11. The van der Waals surface area contributed by atoms with E-state index in [4.69, 9.17) is 5.73 Å². The number of hydrogen-bond acceptors (Lipinski definition) is 4. The molecule has 0 atom stereocenters. The van der Waals surface area contributed by atoms with Gasteiger partial charge in [-0.15, -0.1) is 0 Å². The highest BCUT2D eigenvalue weighted by atomic mass is 79.9. The number of fused-ring (bicyclic) bond motifs is 2. The van der Waals surface area contributed by atoms with Crippen LogP contribution in [0.2, 0.25) is 0 Å². The molecule has 0 aliphatic rings. The van der Waals surface area contributed by atoms with Crippen molar-refractivity contribution in [1.29, 1.82) is 0 Å². The first-order chi connectivity index (χ1) is 21.0. The zero-order valence-corrected chi connectivity index (χ0v) is 28.6. The van der Waals surface area contributed by atoms with Crippen molar-refractivity contribution < 1.29 is 4.79 Å². The molecule has 0 bridgehead atoms. The Morgan fingerprint density at radius 2 is 1.26 bits per heavy atom. The quantitative estimate of drug-likeness (QED) is 0.0689. The summed E-state index contributed by atoms with van der Waals surface area (Å²) >= 11 is 6.95. The third kappa shape index (κ3) is 12.4. The summed E-state index contributed by atoms with van der Waals surface area (Å²) in [5.41, 5.74) is 7.43. The maximum Gasteiger partial charge on any atom is 0.224 e. The minimum Gasteiger partial charge on any atom is -0.398 e. The van der Waals surface area contributed by atoms with Crippen LogP contribution in [0.1, 0.15) is 96.8 Å². The zero-order valence-electron chi connectivity index (χ0n) is 25.5. The number of nitrogens with two attached hydrogens (primary N) is 1. The number of amides is 1. The number of benzene rings is 2. The Bertz CT molecular complexity index is 1400. The lowest BCUT2D eigenvalue weighted by molar-refractivity contribution is -0.116. The van der Waals surface area contributed by atoms with Crippen molar-refractivity contribution in [3.05, 3.63) is 82.3 Å². The predicted molar refractivity (Wildman–Crippen MR) is 191 cm³/mol. The van der Waals surface area contributed by atoms with Crippen LogP contribution in [-0.2, 0) is 4.79 Å². The van der Waals surface area contributed by atoms with Crippen LogP contribution >= 0.6 is 31.9 Å². The molecule has 0 spiro atoms. The average Bonchev–Trinajstić information content (AvgIpc) is 3.00. The van der Waals surface area contributed by atoms with Gasteiger partial charge in [0, 0.05) is 73.1 Å². The van der Waals surface area contributed by atoms with Crippen LogP contribution in [0.4, 0.5) is 11.4 Å². The lowest BCUT2D eigenvalue weighted by Gasteiger charge is -2.10. The molecule has 5 nitrogen and oxygen atoms in total. The average molecular weight is 711 g/mol. The summed E-state index contributed by atoms with van der Waals surface area (Å²) in [5, 5.41) is 7.19. The molecule has 0 unspecified atom stereocenters. The number of hydrogen-bond donors (Lipinski definition) is 2. The summed E-state index contributed by atoms with van der Waals surface area (Å²) in [4.78, 5) is 20.6. The summed E-state index contributed by atoms with van der Waals surface area (Å²) in [6.07, 6.45) is 28.9. The molecule has 4 rings (SSSR count). The van der Waals surface area contributed by atoms with Crippen LogP contribution in [0.5, 0.6) is 0 Å². The summed E-state index contributed by atoms with van der Waals surface area (Å²) in [6.45, 7) is 2.27. The molecular weight excluding hydrogens is 664 g/mol. The fourth-order valence-electron chi connectivity index (χ4n) is 5.08. The smallest absolute Gasteiger partial charge is 0.224 e. The Morgan fingerprint density at radius 3 is 1.88 bits per heavy atom. The van der Waals surface area contributed by atoms with Gasteiger partial charge in [-0.05, 0) is 76.1 Å². The Balaban J connectivity index is 0.000000347.